The molecule has 0 unspecified atom stereocenters. The van der Waals surface area contributed by atoms with E-state index in [2.05, 4.69) is 16.5 Å². The van der Waals surface area contributed by atoms with Gasteiger partial charge >= 0.3 is 7.12 Å². The van der Waals surface area contributed by atoms with Gasteiger partial charge in [-0.1, -0.05) is 6.58 Å². The van der Waals surface area contributed by atoms with Crippen molar-refractivity contribution in [1.82, 2.24) is 4.98 Å². The van der Waals surface area contributed by atoms with Crippen LogP contribution in [0.3, 0.4) is 0 Å². The minimum absolute atomic E-state index is 0.403. The molecule has 0 radical (unpaired) electrons. The van der Waals surface area contributed by atoms with Gasteiger partial charge in [-0.3, -0.25) is 0 Å². The van der Waals surface area contributed by atoms with Crippen molar-refractivity contribution in [3.63, 3.8) is 0 Å². The molecule has 0 spiro atoms. The SMILES string of the molecule is C=C1OB(c2ccnc(N3CCOCC3)c2)OC1(C)C. The lowest BCUT2D eigenvalue weighted by Crippen LogP contribution is -2.39. The van der Waals surface area contributed by atoms with E-state index in [0.29, 0.717) is 5.76 Å². The van der Waals surface area contributed by atoms with E-state index < -0.39 is 12.7 Å². The van der Waals surface area contributed by atoms with Gasteiger partial charge in [-0.2, -0.15) is 0 Å². The van der Waals surface area contributed by atoms with E-state index in [0.717, 1.165) is 37.6 Å². The van der Waals surface area contributed by atoms with Gasteiger partial charge in [0.1, 0.15) is 11.4 Å². The summed E-state index contributed by atoms with van der Waals surface area (Å²) < 4.78 is 17.0. The first-order valence-electron chi connectivity index (χ1n) is 6.89. The van der Waals surface area contributed by atoms with Crippen LogP contribution in [-0.4, -0.2) is 44.0 Å². The Kier molecular flexibility index (Phi) is 3.44. The maximum Gasteiger partial charge on any atom is 0.563 e. The summed E-state index contributed by atoms with van der Waals surface area (Å²) >= 11 is 0. The summed E-state index contributed by atoms with van der Waals surface area (Å²) in [6.45, 7) is 11.0. The molecule has 0 bridgehead atoms. The van der Waals surface area contributed by atoms with Gasteiger partial charge in [-0.25, -0.2) is 4.98 Å². The van der Waals surface area contributed by atoms with Gasteiger partial charge in [0.15, 0.2) is 0 Å². The fraction of sp³-hybridized carbons (Fsp3) is 0.500. The van der Waals surface area contributed by atoms with Crippen molar-refractivity contribution in [3.05, 3.63) is 30.7 Å². The van der Waals surface area contributed by atoms with Crippen LogP contribution in [0.1, 0.15) is 13.8 Å². The number of morpholine rings is 1. The average molecular weight is 274 g/mol. The van der Waals surface area contributed by atoms with Crippen molar-refractivity contribution in [2.75, 3.05) is 31.2 Å². The van der Waals surface area contributed by atoms with E-state index in [1.54, 1.807) is 6.20 Å². The first-order chi connectivity index (χ1) is 9.56. The molecule has 1 aromatic rings. The van der Waals surface area contributed by atoms with Gasteiger partial charge in [0, 0.05) is 24.7 Å². The molecular weight excluding hydrogens is 255 g/mol. The number of aromatic nitrogens is 1. The average Bonchev–Trinajstić information content (AvgIpc) is 2.74. The van der Waals surface area contributed by atoms with Crippen LogP contribution in [0.25, 0.3) is 0 Å². The van der Waals surface area contributed by atoms with Crippen LogP contribution >= 0.6 is 0 Å². The predicted octanol–water partition coefficient (Wildman–Crippen LogP) is 0.952. The van der Waals surface area contributed by atoms with Crippen LogP contribution in [0.5, 0.6) is 0 Å². The predicted molar refractivity (Wildman–Crippen MR) is 78.0 cm³/mol. The van der Waals surface area contributed by atoms with Crippen molar-refractivity contribution in [2.45, 2.75) is 19.4 Å². The molecule has 0 amide bonds. The van der Waals surface area contributed by atoms with Gasteiger partial charge in [0.05, 0.1) is 19.0 Å². The van der Waals surface area contributed by atoms with Crippen LogP contribution < -0.4 is 10.4 Å². The molecule has 6 heteroatoms. The third-order valence-electron chi connectivity index (χ3n) is 3.70. The number of anilines is 1. The molecule has 2 saturated heterocycles. The maximum absolute atomic E-state index is 5.90. The van der Waals surface area contributed by atoms with Gasteiger partial charge < -0.3 is 18.9 Å². The van der Waals surface area contributed by atoms with E-state index in [9.17, 15) is 0 Å². The van der Waals surface area contributed by atoms with Crippen molar-refractivity contribution in [1.29, 1.82) is 0 Å². The van der Waals surface area contributed by atoms with Crippen LogP contribution in [-0.2, 0) is 14.0 Å². The number of ether oxygens (including phenoxy) is 1. The molecule has 2 aliphatic rings. The van der Waals surface area contributed by atoms with Crippen LogP contribution in [0.2, 0.25) is 0 Å². The highest BCUT2D eigenvalue weighted by atomic mass is 16.7. The zero-order chi connectivity index (χ0) is 14.2. The largest absolute Gasteiger partial charge is 0.563 e. The highest BCUT2D eigenvalue weighted by Gasteiger charge is 2.42. The van der Waals surface area contributed by atoms with Gasteiger partial charge in [-0.15, -0.1) is 0 Å². The monoisotopic (exact) mass is 274 g/mol. The third-order valence-corrected chi connectivity index (χ3v) is 3.70. The highest BCUT2D eigenvalue weighted by molar-refractivity contribution is 6.62. The van der Waals surface area contributed by atoms with Crippen molar-refractivity contribution >= 4 is 18.4 Å². The second-order valence-corrected chi connectivity index (χ2v) is 5.55. The number of rotatable bonds is 2. The zero-order valence-electron chi connectivity index (χ0n) is 12.0. The normalized spacial score (nSPS) is 22.0. The maximum atomic E-state index is 5.90. The fourth-order valence-electron chi connectivity index (χ4n) is 2.31. The van der Waals surface area contributed by atoms with Crippen molar-refractivity contribution in [2.24, 2.45) is 0 Å². The summed E-state index contributed by atoms with van der Waals surface area (Å²) in [7, 11) is -0.403. The van der Waals surface area contributed by atoms with Crippen LogP contribution in [0.4, 0.5) is 5.82 Å². The van der Waals surface area contributed by atoms with E-state index in [1.807, 2.05) is 26.0 Å². The van der Waals surface area contributed by atoms with Gasteiger partial charge in [0.2, 0.25) is 0 Å². The summed E-state index contributed by atoms with van der Waals surface area (Å²) in [6.07, 6.45) is 1.79. The number of nitrogens with zero attached hydrogens (tertiary/aromatic N) is 2. The summed E-state index contributed by atoms with van der Waals surface area (Å²) in [6, 6.07) is 3.94. The smallest absolute Gasteiger partial charge is 0.534 e. The standard InChI is InChI=1S/C14H19BN2O3/c1-11-14(2,3)20-15(19-11)12-4-5-16-13(10-12)17-6-8-18-9-7-17/h4-5,10H,1,6-9H2,2-3H3. The Balaban J connectivity index is 1.79. The first kappa shape index (κ1) is 13.5. The molecule has 0 saturated carbocycles. The Morgan fingerprint density at radius 2 is 2.10 bits per heavy atom. The lowest BCUT2D eigenvalue weighted by atomic mass is 9.80. The zero-order valence-corrected chi connectivity index (χ0v) is 12.0. The summed E-state index contributed by atoms with van der Waals surface area (Å²) in [5.74, 6) is 1.60. The van der Waals surface area contributed by atoms with E-state index >= 15 is 0 Å². The number of pyridine rings is 1. The van der Waals surface area contributed by atoms with E-state index in [4.69, 9.17) is 14.0 Å². The molecule has 2 fully saturated rings. The minimum Gasteiger partial charge on any atom is -0.534 e. The summed E-state index contributed by atoms with van der Waals surface area (Å²) in [5.41, 5.74) is 0.515. The Labute approximate surface area is 119 Å². The Morgan fingerprint density at radius 3 is 2.75 bits per heavy atom. The molecule has 3 rings (SSSR count). The second-order valence-electron chi connectivity index (χ2n) is 5.55. The second kappa shape index (κ2) is 5.11. The molecule has 2 aliphatic heterocycles. The van der Waals surface area contributed by atoms with Gasteiger partial charge in [0.25, 0.3) is 0 Å². The molecule has 0 aliphatic carbocycles. The molecule has 0 atom stereocenters. The molecule has 5 nitrogen and oxygen atoms in total. The topological polar surface area (TPSA) is 43.8 Å². The third kappa shape index (κ3) is 2.53. The Hall–Kier alpha value is -1.53. The molecule has 3 heterocycles. The van der Waals surface area contributed by atoms with Crippen LogP contribution in [0.15, 0.2) is 30.7 Å². The van der Waals surface area contributed by atoms with E-state index in [1.165, 1.54) is 0 Å². The molecule has 106 valence electrons. The lowest BCUT2D eigenvalue weighted by Gasteiger charge is -2.28. The van der Waals surface area contributed by atoms with Crippen molar-refractivity contribution < 1.29 is 14.0 Å². The quantitative estimate of drug-likeness (QED) is 0.751. The number of hydrogen-bond acceptors (Lipinski definition) is 5. The minimum atomic E-state index is -0.451. The molecule has 0 N–H and O–H groups in total. The summed E-state index contributed by atoms with van der Waals surface area (Å²) in [4.78, 5) is 6.64. The highest BCUT2D eigenvalue weighted by Crippen LogP contribution is 2.29. The van der Waals surface area contributed by atoms with E-state index in [-0.39, 0.29) is 0 Å². The first-order valence-corrected chi connectivity index (χ1v) is 6.89. The molecule has 0 aromatic carbocycles. The fourth-order valence-corrected chi connectivity index (χ4v) is 2.31. The Morgan fingerprint density at radius 1 is 1.35 bits per heavy atom. The Bertz CT molecular complexity index is 515. The lowest BCUT2D eigenvalue weighted by molar-refractivity contribution is 0.122. The summed E-state index contributed by atoms with van der Waals surface area (Å²) in [5, 5.41) is 0. The number of hydrogen-bond donors (Lipinski definition) is 0. The van der Waals surface area contributed by atoms with Gasteiger partial charge in [-0.05, 0) is 26.0 Å². The van der Waals surface area contributed by atoms with Crippen molar-refractivity contribution in [3.8, 4) is 0 Å². The molecule has 20 heavy (non-hydrogen) atoms. The molecular formula is C14H19BN2O3. The molecule has 1 aromatic heterocycles. The van der Waals surface area contributed by atoms with Crippen LogP contribution in [0, 0.1) is 0 Å².